The smallest absolute Gasteiger partial charge is 0.303 e. The molecule has 0 radical (unpaired) electrons. The van der Waals surface area contributed by atoms with Gasteiger partial charge in [0.2, 0.25) is 5.95 Å². The lowest BCUT2D eigenvalue weighted by atomic mass is 10.3. The maximum atomic E-state index is 10.3. The van der Waals surface area contributed by atoms with Gasteiger partial charge in [-0.3, -0.25) is 4.79 Å². The van der Waals surface area contributed by atoms with Crippen LogP contribution >= 0.6 is 0 Å². The number of rotatable bonds is 6. The molecule has 2 aromatic heterocycles. The largest absolute Gasteiger partial charge is 0.481 e. The van der Waals surface area contributed by atoms with Crippen molar-refractivity contribution in [3.63, 3.8) is 0 Å². The first-order chi connectivity index (χ1) is 9.15. The second kappa shape index (κ2) is 5.99. The lowest BCUT2D eigenvalue weighted by Gasteiger charge is -2.03. The molecule has 0 unspecified atom stereocenters. The Balaban J connectivity index is 1.90. The first-order valence-corrected chi connectivity index (χ1v) is 5.99. The van der Waals surface area contributed by atoms with Crippen molar-refractivity contribution in [2.75, 3.05) is 11.9 Å². The zero-order chi connectivity index (χ0) is 13.7. The van der Waals surface area contributed by atoms with E-state index in [-0.39, 0.29) is 6.42 Å². The number of aliphatic carboxylic acids is 1. The number of aryl methyl sites for hydroxylation is 1. The summed E-state index contributed by atoms with van der Waals surface area (Å²) in [7, 11) is 0. The molecule has 100 valence electrons. The Morgan fingerprint density at radius 2 is 2.11 bits per heavy atom. The standard InChI is InChI=1S/C13H15N3O3/c1-9-4-5-11(19-9)10-7-15-13(16-8-10)14-6-2-3-12(17)18/h4-5,7-8H,2-3,6H2,1H3,(H,17,18)(H,14,15,16). The van der Waals surface area contributed by atoms with Crippen LogP contribution in [0.25, 0.3) is 11.3 Å². The van der Waals surface area contributed by atoms with Gasteiger partial charge in [0.15, 0.2) is 0 Å². The van der Waals surface area contributed by atoms with Gasteiger partial charge in [0.1, 0.15) is 11.5 Å². The summed E-state index contributed by atoms with van der Waals surface area (Å²) < 4.78 is 5.47. The molecule has 6 nitrogen and oxygen atoms in total. The Hall–Kier alpha value is -2.37. The maximum Gasteiger partial charge on any atom is 0.303 e. The van der Waals surface area contributed by atoms with Crippen LogP contribution in [0.1, 0.15) is 18.6 Å². The molecule has 0 saturated heterocycles. The number of nitrogens with zero attached hydrogens (tertiary/aromatic N) is 2. The number of aromatic nitrogens is 2. The van der Waals surface area contributed by atoms with E-state index in [4.69, 9.17) is 9.52 Å². The van der Waals surface area contributed by atoms with E-state index in [1.165, 1.54) is 0 Å². The van der Waals surface area contributed by atoms with Gasteiger partial charge in [0.25, 0.3) is 0 Å². The average molecular weight is 261 g/mol. The molecule has 0 aliphatic heterocycles. The molecule has 6 heteroatoms. The zero-order valence-electron chi connectivity index (χ0n) is 10.6. The summed E-state index contributed by atoms with van der Waals surface area (Å²) in [5, 5.41) is 11.5. The predicted molar refractivity (Wildman–Crippen MR) is 69.8 cm³/mol. The third-order valence-corrected chi connectivity index (χ3v) is 2.53. The summed E-state index contributed by atoms with van der Waals surface area (Å²) in [6.07, 6.45) is 4.02. The van der Waals surface area contributed by atoms with Gasteiger partial charge < -0.3 is 14.8 Å². The SMILES string of the molecule is Cc1ccc(-c2cnc(NCCCC(=O)O)nc2)o1. The number of carboxylic acids is 1. The van der Waals surface area contributed by atoms with Gasteiger partial charge in [-0.05, 0) is 25.5 Å². The minimum atomic E-state index is -0.800. The fraction of sp³-hybridized carbons (Fsp3) is 0.308. The van der Waals surface area contributed by atoms with E-state index in [9.17, 15) is 4.79 Å². The maximum absolute atomic E-state index is 10.3. The molecule has 2 rings (SSSR count). The zero-order valence-corrected chi connectivity index (χ0v) is 10.6. The summed E-state index contributed by atoms with van der Waals surface area (Å²) in [6, 6.07) is 3.75. The van der Waals surface area contributed by atoms with Crippen LogP contribution in [0.3, 0.4) is 0 Å². The van der Waals surface area contributed by atoms with Crippen LogP contribution in [-0.4, -0.2) is 27.6 Å². The van der Waals surface area contributed by atoms with Crippen molar-refractivity contribution in [1.29, 1.82) is 0 Å². The summed E-state index contributed by atoms with van der Waals surface area (Å²) in [5.41, 5.74) is 0.809. The Morgan fingerprint density at radius 3 is 2.68 bits per heavy atom. The van der Waals surface area contributed by atoms with Crippen molar-refractivity contribution in [3.05, 3.63) is 30.3 Å². The molecule has 0 aliphatic rings. The molecule has 0 amide bonds. The highest BCUT2D eigenvalue weighted by atomic mass is 16.4. The lowest BCUT2D eigenvalue weighted by Crippen LogP contribution is -2.07. The summed E-state index contributed by atoms with van der Waals surface area (Å²) >= 11 is 0. The van der Waals surface area contributed by atoms with Crippen LogP contribution in [0.15, 0.2) is 28.9 Å². The first kappa shape index (κ1) is 13.1. The number of nitrogens with one attached hydrogen (secondary N) is 1. The third kappa shape index (κ3) is 3.80. The van der Waals surface area contributed by atoms with Crippen molar-refractivity contribution in [3.8, 4) is 11.3 Å². The molecule has 0 fully saturated rings. The van der Waals surface area contributed by atoms with Gasteiger partial charge in [0.05, 0.1) is 5.56 Å². The molecular weight excluding hydrogens is 246 g/mol. The van der Waals surface area contributed by atoms with E-state index in [0.717, 1.165) is 17.1 Å². The number of carbonyl (C=O) groups is 1. The molecule has 0 aromatic carbocycles. The van der Waals surface area contributed by atoms with Crippen LogP contribution in [0.2, 0.25) is 0 Å². The minimum absolute atomic E-state index is 0.136. The Morgan fingerprint density at radius 1 is 1.37 bits per heavy atom. The van der Waals surface area contributed by atoms with E-state index in [1.807, 2.05) is 19.1 Å². The van der Waals surface area contributed by atoms with Crippen molar-refractivity contribution >= 4 is 11.9 Å². The average Bonchev–Trinajstić information content (AvgIpc) is 2.82. The molecule has 0 aliphatic carbocycles. The Labute approximate surface area is 110 Å². The minimum Gasteiger partial charge on any atom is -0.481 e. The monoisotopic (exact) mass is 261 g/mol. The Kier molecular flexibility index (Phi) is 4.12. The van der Waals surface area contributed by atoms with E-state index in [0.29, 0.717) is 18.9 Å². The molecule has 2 aromatic rings. The van der Waals surface area contributed by atoms with Crippen LogP contribution in [-0.2, 0) is 4.79 Å². The number of hydrogen-bond acceptors (Lipinski definition) is 5. The van der Waals surface area contributed by atoms with Gasteiger partial charge >= 0.3 is 5.97 Å². The van der Waals surface area contributed by atoms with E-state index in [2.05, 4.69) is 15.3 Å². The van der Waals surface area contributed by atoms with Crippen LogP contribution in [0.5, 0.6) is 0 Å². The fourth-order valence-electron chi connectivity index (χ4n) is 1.58. The van der Waals surface area contributed by atoms with E-state index in [1.54, 1.807) is 12.4 Å². The van der Waals surface area contributed by atoms with Gasteiger partial charge in [-0.15, -0.1) is 0 Å². The molecule has 0 bridgehead atoms. The van der Waals surface area contributed by atoms with Crippen molar-refractivity contribution in [1.82, 2.24) is 9.97 Å². The fourth-order valence-corrected chi connectivity index (χ4v) is 1.58. The number of hydrogen-bond donors (Lipinski definition) is 2. The lowest BCUT2D eigenvalue weighted by molar-refractivity contribution is -0.137. The summed E-state index contributed by atoms with van der Waals surface area (Å²) in [6.45, 7) is 2.41. The second-order valence-corrected chi connectivity index (χ2v) is 4.13. The normalized spacial score (nSPS) is 10.4. The third-order valence-electron chi connectivity index (χ3n) is 2.53. The molecule has 2 heterocycles. The quantitative estimate of drug-likeness (QED) is 0.776. The molecule has 19 heavy (non-hydrogen) atoms. The molecule has 2 N–H and O–H groups in total. The number of anilines is 1. The number of furan rings is 1. The van der Waals surface area contributed by atoms with Crippen LogP contribution in [0, 0.1) is 6.92 Å². The highest BCUT2D eigenvalue weighted by molar-refractivity contribution is 5.66. The van der Waals surface area contributed by atoms with Gasteiger partial charge in [-0.2, -0.15) is 0 Å². The van der Waals surface area contributed by atoms with Crippen LogP contribution < -0.4 is 5.32 Å². The second-order valence-electron chi connectivity index (χ2n) is 4.13. The van der Waals surface area contributed by atoms with Gasteiger partial charge in [-0.1, -0.05) is 0 Å². The number of carboxylic acid groups (broad SMARTS) is 1. The van der Waals surface area contributed by atoms with E-state index >= 15 is 0 Å². The van der Waals surface area contributed by atoms with Crippen molar-refractivity contribution in [2.24, 2.45) is 0 Å². The van der Waals surface area contributed by atoms with Crippen LogP contribution in [0.4, 0.5) is 5.95 Å². The van der Waals surface area contributed by atoms with Crippen molar-refractivity contribution < 1.29 is 14.3 Å². The highest BCUT2D eigenvalue weighted by Crippen LogP contribution is 2.20. The van der Waals surface area contributed by atoms with Gasteiger partial charge in [0, 0.05) is 25.4 Å². The van der Waals surface area contributed by atoms with Crippen molar-refractivity contribution in [2.45, 2.75) is 19.8 Å². The predicted octanol–water partition coefficient (Wildman–Crippen LogP) is 2.32. The van der Waals surface area contributed by atoms with E-state index < -0.39 is 5.97 Å². The molecular formula is C13H15N3O3. The Bertz CT molecular complexity index is 549. The molecule has 0 atom stereocenters. The van der Waals surface area contributed by atoms with Gasteiger partial charge in [-0.25, -0.2) is 9.97 Å². The topological polar surface area (TPSA) is 88.2 Å². The first-order valence-electron chi connectivity index (χ1n) is 5.99. The molecule has 0 spiro atoms. The molecule has 0 saturated carbocycles. The summed E-state index contributed by atoms with van der Waals surface area (Å²) in [4.78, 5) is 18.6. The highest BCUT2D eigenvalue weighted by Gasteiger charge is 2.04. The summed E-state index contributed by atoms with van der Waals surface area (Å²) in [5.74, 6) is 1.25.